The molecule has 8 N–H and O–H groups in total. The summed E-state index contributed by atoms with van der Waals surface area (Å²) in [5, 5.41) is 37.9. The van der Waals surface area contributed by atoms with Gasteiger partial charge in [0.2, 0.25) is 0 Å². The summed E-state index contributed by atoms with van der Waals surface area (Å²) in [5.41, 5.74) is 12.4. The van der Waals surface area contributed by atoms with Gasteiger partial charge in [-0.25, -0.2) is 9.97 Å². The van der Waals surface area contributed by atoms with Crippen LogP contribution in [0, 0.1) is 18.3 Å². The number of aryl methyl sites for hydroxylation is 1. The number of aliphatic hydroxyl groups is 3. The van der Waals surface area contributed by atoms with E-state index in [0.29, 0.717) is 28.8 Å². The van der Waals surface area contributed by atoms with E-state index in [1.165, 1.54) is 0 Å². The van der Waals surface area contributed by atoms with Crippen molar-refractivity contribution in [2.75, 3.05) is 12.3 Å². The maximum Gasteiger partial charge on any atom is 0.146 e. The van der Waals surface area contributed by atoms with E-state index in [-0.39, 0.29) is 18.3 Å². The van der Waals surface area contributed by atoms with E-state index in [2.05, 4.69) is 9.97 Å². The van der Waals surface area contributed by atoms with Gasteiger partial charge in [0.15, 0.2) is 0 Å². The minimum atomic E-state index is -1.06. The van der Waals surface area contributed by atoms with Gasteiger partial charge in [-0.2, -0.15) is 0 Å². The van der Waals surface area contributed by atoms with Crippen LogP contribution in [-0.2, 0) is 0 Å². The van der Waals surface area contributed by atoms with Gasteiger partial charge in [0, 0.05) is 24.3 Å². The Hall–Kier alpha value is -2.23. The molecule has 0 unspecified atom stereocenters. The molecule has 0 aromatic carbocycles. The molecule has 0 amide bonds. The van der Waals surface area contributed by atoms with Crippen LogP contribution in [0.1, 0.15) is 23.9 Å². The molecule has 23 heavy (non-hydrogen) atoms. The van der Waals surface area contributed by atoms with Crippen LogP contribution >= 0.6 is 0 Å². The number of nitrogens with zero attached hydrogens (tertiary/aromatic N) is 3. The normalized spacial score (nSPS) is 27.7. The number of aliphatic hydroxyl groups excluding tert-OH is 3. The number of fused-ring (bicyclic) bond motifs is 1. The van der Waals surface area contributed by atoms with Crippen molar-refractivity contribution >= 4 is 22.7 Å². The highest BCUT2D eigenvalue weighted by Crippen LogP contribution is 2.38. The molecule has 1 fully saturated rings. The molecule has 0 radical (unpaired) electrons. The summed E-state index contributed by atoms with van der Waals surface area (Å²) in [6.45, 7) is 1.47. The molecule has 1 aliphatic rings. The lowest BCUT2D eigenvalue weighted by Crippen LogP contribution is -2.30. The number of rotatable bonds is 3. The lowest BCUT2D eigenvalue weighted by Gasteiger charge is -2.19. The Kier molecular flexibility index (Phi) is 3.71. The van der Waals surface area contributed by atoms with Crippen LogP contribution in [0.4, 0.5) is 5.82 Å². The predicted octanol–water partition coefficient (Wildman–Crippen LogP) is -1.12. The summed E-state index contributed by atoms with van der Waals surface area (Å²) in [7, 11) is 0. The highest BCUT2D eigenvalue weighted by atomic mass is 16.3. The molecule has 2 heterocycles. The smallest absolute Gasteiger partial charge is 0.146 e. The SMILES string of the molecule is Cc1nc(N)c2c(C(=N)N)cn([C@@H]3C[C@H](CO)[C@@H](O)[C@H]3O)c2n1. The first-order valence-corrected chi connectivity index (χ1v) is 7.31. The van der Waals surface area contributed by atoms with E-state index in [0.717, 1.165) is 0 Å². The van der Waals surface area contributed by atoms with Crippen molar-refractivity contribution in [3.05, 3.63) is 17.6 Å². The fraction of sp³-hybridized carbons (Fsp3) is 0.500. The zero-order valence-corrected chi connectivity index (χ0v) is 12.6. The first-order valence-electron chi connectivity index (χ1n) is 7.31. The monoisotopic (exact) mass is 320 g/mol. The van der Waals surface area contributed by atoms with Crippen molar-refractivity contribution in [1.29, 1.82) is 5.41 Å². The number of nitrogens with two attached hydrogens (primary N) is 2. The second kappa shape index (κ2) is 5.44. The van der Waals surface area contributed by atoms with Gasteiger partial charge in [-0.15, -0.1) is 0 Å². The van der Waals surface area contributed by atoms with Crippen molar-refractivity contribution in [2.24, 2.45) is 11.7 Å². The average Bonchev–Trinajstić information content (AvgIpc) is 2.99. The van der Waals surface area contributed by atoms with Gasteiger partial charge < -0.3 is 31.4 Å². The van der Waals surface area contributed by atoms with E-state index >= 15 is 0 Å². The molecule has 2 aromatic rings. The highest BCUT2D eigenvalue weighted by Gasteiger charge is 2.42. The Morgan fingerprint density at radius 2 is 2.09 bits per heavy atom. The molecule has 0 aliphatic heterocycles. The molecule has 1 saturated carbocycles. The first-order chi connectivity index (χ1) is 10.8. The van der Waals surface area contributed by atoms with Gasteiger partial charge in [-0.3, -0.25) is 5.41 Å². The molecular weight excluding hydrogens is 300 g/mol. The Morgan fingerprint density at radius 3 is 2.65 bits per heavy atom. The summed E-state index contributed by atoms with van der Waals surface area (Å²) < 4.78 is 1.67. The lowest BCUT2D eigenvalue weighted by molar-refractivity contribution is -0.00365. The summed E-state index contributed by atoms with van der Waals surface area (Å²) in [6.07, 6.45) is -0.108. The Balaban J connectivity index is 2.20. The van der Waals surface area contributed by atoms with Crippen molar-refractivity contribution in [2.45, 2.75) is 31.6 Å². The van der Waals surface area contributed by atoms with Crippen molar-refractivity contribution in [3.8, 4) is 0 Å². The molecule has 0 bridgehead atoms. The van der Waals surface area contributed by atoms with E-state index < -0.39 is 24.2 Å². The number of aromatic nitrogens is 3. The summed E-state index contributed by atoms with van der Waals surface area (Å²) in [6, 6.07) is -0.494. The number of hydrogen-bond donors (Lipinski definition) is 6. The van der Waals surface area contributed by atoms with E-state index in [1.807, 2.05) is 0 Å². The van der Waals surface area contributed by atoms with E-state index in [4.69, 9.17) is 16.9 Å². The largest absolute Gasteiger partial charge is 0.396 e. The minimum Gasteiger partial charge on any atom is -0.396 e. The fourth-order valence-corrected chi connectivity index (χ4v) is 3.30. The van der Waals surface area contributed by atoms with E-state index in [9.17, 15) is 15.3 Å². The van der Waals surface area contributed by atoms with Gasteiger partial charge in [0.1, 0.15) is 29.2 Å². The highest BCUT2D eigenvalue weighted by molar-refractivity contribution is 6.10. The van der Waals surface area contributed by atoms with Crippen LogP contribution in [0.5, 0.6) is 0 Å². The quantitative estimate of drug-likeness (QED) is 0.307. The van der Waals surface area contributed by atoms with Crippen molar-refractivity contribution < 1.29 is 15.3 Å². The Bertz CT molecular complexity index is 773. The van der Waals surface area contributed by atoms with Gasteiger partial charge in [0.05, 0.1) is 17.5 Å². The Morgan fingerprint density at radius 1 is 1.39 bits per heavy atom. The third-order valence-corrected chi connectivity index (χ3v) is 4.47. The molecule has 0 spiro atoms. The van der Waals surface area contributed by atoms with Gasteiger partial charge in [-0.05, 0) is 13.3 Å². The van der Waals surface area contributed by atoms with Crippen LogP contribution in [-0.4, -0.2) is 54.5 Å². The molecule has 1 aliphatic carbocycles. The van der Waals surface area contributed by atoms with Crippen molar-refractivity contribution in [1.82, 2.24) is 14.5 Å². The van der Waals surface area contributed by atoms with Crippen LogP contribution in [0.3, 0.4) is 0 Å². The van der Waals surface area contributed by atoms with Crippen molar-refractivity contribution in [3.63, 3.8) is 0 Å². The lowest BCUT2D eigenvalue weighted by atomic mass is 10.1. The number of nitrogen functional groups attached to an aromatic ring is 2. The molecule has 4 atom stereocenters. The van der Waals surface area contributed by atoms with Gasteiger partial charge in [0.25, 0.3) is 0 Å². The topological polar surface area (TPSA) is 167 Å². The average molecular weight is 320 g/mol. The third-order valence-electron chi connectivity index (χ3n) is 4.47. The molecule has 2 aromatic heterocycles. The number of anilines is 1. The molecule has 9 heteroatoms. The first kappa shape index (κ1) is 15.7. The third kappa shape index (κ3) is 2.33. The second-order valence-electron chi connectivity index (χ2n) is 5.95. The predicted molar refractivity (Wildman–Crippen MR) is 83.9 cm³/mol. The van der Waals surface area contributed by atoms with Gasteiger partial charge >= 0.3 is 0 Å². The fourth-order valence-electron chi connectivity index (χ4n) is 3.30. The minimum absolute atomic E-state index is 0.181. The molecule has 124 valence electrons. The van der Waals surface area contributed by atoms with Crippen LogP contribution in [0.2, 0.25) is 0 Å². The summed E-state index contributed by atoms with van der Waals surface area (Å²) in [5.74, 6) is 0.0625. The van der Waals surface area contributed by atoms with Gasteiger partial charge in [-0.1, -0.05) is 0 Å². The summed E-state index contributed by atoms with van der Waals surface area (Å²) in [4.78, 5) is 8.46. The Labute approximate surface area is 132 Å². The van der Waals surface area contributed by atoms with Crippen LogP contribution in [0.15, 0.2) is 6.20 Å². The number of amidine groups is 1. The number of hydrogen-bond acceptors (Lipinski definition) is 7. The maximum absolute atomic E-state index is 10.3. The molecule has 9 nitrogen and oxygen atoms in total. The van der Waals surface area contributed by atoms with Crippen LogP contribution < -0.4 is 11.5 Å². The molecule has 3 rings (SSSR count). The number of nitrogens with one attached hydrogen (secondary N) is 1. The molecular formula is C14H20N6O3. The summed E-state index contributed by atoms with van der Waals surface area (Å²) >= 11 is 0. The zero-order valence-electron chi connectivity index (χ0n) is 12.6. The standard InChI is InChI=1S/C14H20N6O3/c1-5-18-13(17)9-7(12(15)16)3-20(14(9)19-5)8-2-6(4-21)10(22)11(8)23/h3,6,8,10-11,21-23H,2,4H2,1H3,(H3,15,16)(H2,17,18,19)/t6-,8-,10-,11+/m1/s1. The molecule has 0 saturated heterocycles. The zero-order chi connectivity index (χ0) is 16.9. The maximum atomic E-state index is 10.3. The van der Waals surface area contributed by atoms with Crippen LogP contribution in [0.25, 0.3) is 11.0 Å². The second-order valence-corrected chi connectivity index (χ2v) is 5.95. The van der Waals surface area contributed by atoms with E-state index in [1.54, 1.807) is 17.7 Å².